The van der Waals surface area contributed by atoms with E-state index in [2.05, 4.69) is 0 Å². The van der Waals surface area contributed by atoms with E-state index in [-0.39, 0.29) is 11.3 Å². The van der Waals surface area contributed by atoms with Crippen LogP contribution >= 0.6 is 11.6 Å². The molecule has 0 bridgehead atoms. The van der Waals surface area contributed by atoms with Crippen LogP contribution in [0.4, 0.5) is 0 Å². The van der Waals surface area contributed by atoms with Crippen molar-refractivity contribution in [1.82, 2.24) is 4.90 Å². The first-order valence-corrected chi connectivity index (χ1v) is 6.40. The number of amides is 1. The molecule has 0 fully saturated rings. The van der Waals surface area contributed by atoms with Crippen molar-refractivity contribution >= 4 is 17.5 Å². The fourth-order valence-electron chi connectivity index (χ4n) is 1.57. The van der Waals surface area contributed by atoms with E-state index in [4.69, 9.17) is 17.3 Å². The Morgan fingerprint density at radius 1 is 1.33 bits per heavy atom. The Labute approximate surface area is 114 Å². The third-order valence-corrected chi connectivity index (χ3v) is 3.19. The Morgan fingerprint density at radius 2 is 1.89 bits per heavy atom. The highest BCUT2D eigenvalue weighted by atomic mass is 35.5. The highest BCUT2D eigenvalue weighted by Crippen LogP contribution is 2.20. The first-order valence-electron chi connectivity index (χ1n) is 6.02. The van der Waals surface area contributed by atoms with Gasteiger partial charge in [-0.3, -0.25) is 4.79 Å². The molecule has 0 aliphatic rings. The number of hydrogen-bond acceptors (Lipinski definition) is 2. The molecular formula is C14H21ClN2O. The van der Waals surface area contributed by atoms with Crippen molar-refractivity contribution in [3.63, 3.8) is 0 Å². The SMILES string of the molecule is CN(Cc1ccc(Cl)cc1)C(=O)CC(C)(C)CN. The molecule has 0 aliphatic carbocycles. The summed E-state index contributed by atoms with van der Waals surface area (Å²) < 4.78 is 0. The van der Waals surface area contributed by atoms with Crippen molar-refractivity contribution in [2.24, 2.45) is 11.1 Å². The molecule has 0 heterocycles. The summed E-state index contributed by atoms with van der Waals surface area (Å²) in [6.07, 6.45) is 0.466. The van der Waals surface area contributed by atoms with Gasteiger partial charge < -0.3 is 10.6 Å². The molecule has 3 nitrogen and oxygen atoms in total. The van der Waals surface area contributed by atoms with Crippen molar-refractivity contribution in [2.45, 2.75) is 26.8 Å². The van der Waals surface area contributed by atoms with Crippen molar-refractivity contribution in [3.05, 3.63) is 34.9 Å². The van der Waals surface area contributed by atoms with Gasteiger partial charge in [0.2, 0.25) is 5.91 Å². The maximum absolute atomic E-state index is 12.0. The lowest BCUT2D eigenvalue weighted by Crippen LogP contribution is -2.34. The summed E-state index contributed by atoms with van der Waals surface area (Å²) in [5, 5.41) is 0.706. The minimum Gasteiger partial charge on any atom is -0.341 e. The summed E-state index contributed by atoms with van der Waals surface area (Å²) in [5.74, 6) is 0.111. The number of hydrogen-bond donors (Lipinski definition) is 1. The predicted octanol–water partition coefficient (Wildman–Crippen LogP) is 2.67. The average Bonchev–Trinajstić information content (AvgIpc) is 2.31. The molecule has 0 atom stereocenters. The van der Waals surface area contributed by atoms with E-state index in [1.807, 2.05) is 45.2 Å². The summed E-state index contributed by atoms with van der Waals surface area (Å²) in [7, 11) is 1.81. The minimum atomic E-state index is -0.147. The van der Waals surface area contributed by atoms with Gasteiger partial charge in [0.25, 0.3) is 0 Å². The van der Waals surface area contributed by atoms with Crippen LogP contribution in [-0.2, 0) is 11.3 Å². The standard InChI is InChI=1S/C14H21ClN2O/c1-14(2,10-16)8-13(18)17(3)9-11-4-6-12(15)7-5-11/h4-7H,8-10,16H2,1-3H3. The second kappa shape index (κ2) is 6.21. The van der Waals surface area contributed by atoms with Crippen LogP contribution in [0.15, 0.2) is 24.3 Å². The zero-order chi connectivity index (χ0) is 13.8. The van der Waals surface area contributed by atoms with Crippen molar-refractivity contribution in [1.29, 1.82) is 0 Å². The summed E-state index contributed by atoms with van der Waals surface area (Å²) >= 11 is 5.82. The lowest BCUT2D eigenvalue weighted by Gasteiger charge is -2.25. The van der Waals surface area contributed by atoms with Crippen LogP contribution in [-0.4, -0.2) is 24.4 Å². The molecular weight excluding hydrogens is 248 g/mol. The average molecular weight is 269 g/mol. The van der Waals surface area contributed by atoms with Crippen LogP contribution in [0.2, 0.25) is 5.02 Å². The van der Waals surface area contributed by atoms with Crippen molar-refractivity contribution in [2.75, 3.05) is 13.6 Å². The number of benzene rings is 1. The normalized spacial score (nSPS) is 11.4. The molecule has 0 spiro atoms. The van der Waals surface area contributed by atoms with Crippen LogP contribution < -0.4 is 5.73 Å². The Hall–Kier alpha value is -1.06. The molecule has 0 aromatic heterocycles. The molecule has 0 saturated heterocycles. The van der Waals surface area contributed by atoms with Gasteiger partial charge in [0.05, 0.1) is 0 Å². The Balaban J connectivity index is 2.57. The molecule has 1 amide bonds. The lowest BCUT2D eigenvalue weighted by atomic mass is 9.89. The monoisotopic (exact) mass is 268 g/mol. The summed E-state index contributed by atoms with van der Waals surface area (Å²) in [6, 6.07) is 7.53. The molecule has 100 valence electrons. The smallest absolute Gasteiger partial charge is 0.223 e. The van der Waals surface area contributed by atoms with Gasteiger partial charge in [0, 0.05) is 25.0 Å². The van der Waals surface area contributed by atoms with Gasteiger partial charge in [0.15, 0.2) is 0 Å². The maximum Gasteiger partial charge on any atom is 0.223 e. The summed E-state index contributed by atoms with van der Waals surface area (Å²) in [5.41, 5.74) is 6.56. The van der Waals surface area contributed by atoms with Gasteiger partial charge in [-0.2, -0.15) is 0 Å². The number of nitrogens with two attached hydrogens (primary N) is 1. The number of halogens is 1. The van der Waals surface area contributed by atoms with E-state index >= 15 is 0 Å². The van der Waals surface area contributed by atoms with Crippen molar-refractivity contribution < 1.29 is 4.79 Å². The van der Waals surface area contributed by atoms with Crippen LogP contribution in [0, 0.1) is 5.41 Å². The number of rotatable bonds is 5. The van der Waals surface area contributed by atoms with E-state index < -0.39 is 0 Å². The maximum atomic E-state index is 12.0. The van der Waals surface area contributed by atoms with Crippen LogP contribution in [0.1, 0.15) is 25.8 Å². The van der Waals surface area contributed by atoms with Gasteiger partial charge in [-0.05, 0) is 29.7 Å². The van der Waals surface area contributed by atoms with Crippen LogP contribution in [0.5, 0.6) is 0 Å². The molecule has 0 radical (unpaired) electrons. The molecule has 0 unspecified atom stereocenters. The Kier molecular flexibility index (Phi) is 5.17. The second-order valence-electron chi connectivity index (χ2n) is 5.42. The fraction of sp³-hybridized carbons (Fsp3) is 0.500. The number of carbonyl (C=O) groups excluding carboxylic acids is 1. The Bertz CT molecular complexity index is 401. The largest absolute Gasteiger partial charge is 0.341 e. The van der Waals surface area contributed by atoms with Crippen LogP contribution in [0.3, 0.4) is 0 Å². The molecule has 2 N–H and O–H groups in total. The molecule has 18 heavy (non-hydrogen) atoms. The fourth-order valence-corrected chi connectivity index (χ4v) is 1.69. The highest BCUT2D eigenvalue weighted by molar-refractivity contribution is 6.30. The molecule has 1 aromatic rings. The predicted molar refractivity (Wildman–Crippen MR) is 75.4 cm³/mol. The lowest BCUT2D eigenvalue weighted by molar-refractivity contribution is -0.132. The van der Waals surface area contributed by atoms with E-state index in [1.54, 1.807) is 4.90 Å². The van der Waals surface area contributed by atoms with Gasteiger partial charge >= 0.3 is 0 Å². The van der Waals surface area contributed by atoms with E-state index in [1.165, 1.54) is 0 Å². The first-order chi connectivity index (χ1) is 8.34. The summed E-state index contributed by atoms with van der Waals surface area (Å²) in [6.45, 7) is 5.10. The quantitative estimate of drug-likeness (QED) is 0.892. The third-order valence-electron chi connectivity index (χ3n) is 2.94. The third kappa shape index (κ3) is 4.67. The minimum absolute atomic E-state index is 0.111. The van der Waals surface area contributed by atoms with Crippen LogP contribution in [0.25, 0.3) is 0 Å². The molecule has 0 aliphatic heterocycles. The zero-order valence-electron chi connectivity index (χ0n) is 11.2. The van der Waals surface area contributed by atoms with Crippen molar-refractivity contribution in [3.8, 4) is 0 Å². The molecule has 1 rings (SSSR count). The van der Waals surface area contributed by atoms with Gasteiger partial charge in [-0.15, -0.1) is 0 Å². The topological polar surface area (TPSA) is 46.3 Å². The molecule has 4 heteroatoms. The van der Waals surface area contributed by atoms with E-state index in [9.17, 15) is 4.79 Å². The van der Waals surface area contributed by atoms with Gasteiger partial charge in [-0.25, -0.2) is 0 Å². The first kappa shape index (κ1) is 15.0. The Morgan fingerprint density at radius 3 is 2.39 bits per heavy atom. The number of nitrogens with zero attached hydrogens (tertiary/aromatic N) is 1. The van der Waals surface area contributed by atoms with E-state index in [0.717, 1.165) is 5.56 Å². The zero-order valence-corrected chi connectivity index (χ0v) is 12.0. The molecule has 1 aromatic carbocycles. The van der Waals surface area contributed by atoms with E-state index in [0.29, 0.717) is 24.5 Å². The van der Waals surface area contributed by atoms with Gasteiger partial charge in [0.1, 0.15) is 0 Å². The second-order valence-corrected chi connectivity index (χ2v) is 5.86. The number of carbonyl (C=O) groups is 1. The van der Waals surface area contributed by atoms with Gasteiger partial charge in [-0.1, -0.05) is 37.6 Å². The summed E-state index contributed by atoms with van der Waals surface area (Å²) in [4.78, 5) is 13.8. The highest BCUT2D eigenvalue weighted by Gasteiger charge is 2.22. The molecule has 0 saturated carbocycles.